The van der Waals surface area contributed by atoms with E-state index in [1.54, 1.807) is 13.0 Å². The summed E-state index contributed by atoms with van der Waals surface area (Å²) in [6, 6.07) is 7.24. The van der Waals surface area contributed by atoms with Gasteiger partial charge >= 0.3 is 0 Å². The first kappa shape index (κ1) is 14.3. The van der Waals surface area contributed by atoms with E-state index >= 15 is 0 Å². The Labute approximate surface area is 111 Å². The van der Waals surface area contributed by atoms with Crippen LogP contribution in [0.3, 0.4) is 0 Å². The Balaban J connectivity index is 2.63. The lowest BCUT2D eigenvalue weighted by molar-refractivity contribution is -0.123. The van der Waals surface area contributed by atoms with Crippen LogP contribution in [0.15, 0.2) is 29.4 Å². The zero-order valence-electron chi connectivity index (χ0n) is 10.1. The molecule has 1 amide bonds. The maximum atomic E-state index is 11.8. The molecule has 0 aliphatic carbocycles. The fourth-order valence-electron chi connectivity index (χ4n) is 1.55. The molecule has 4 N–H and O–H groups in total. The molecule has 18 heavy (non-hydrogen) atoms. The molecule has 0 saturated heterocycles. The number of nitrogens with one attached hydrogen (secondary N) is 1. The molecule has 0 spiro atoms. The van der Waals surface area contributed by atoms with Crippen molar-refractivity contribution in [3.05, 3.63) is 34.9 Å². The zero-order chi connectivity index (χ0) is 13.5. The first-order chi connectivity index (χ1) is 8.60. The van der Waals surface area contributed by atoms with Crippen molar-refractivity contribution in [3.63, 3.8) is 0 Å². The van der Waals surface area contributed by atoms with Gasteiger partial charge in [0, 0.05) is 11.6 Å². The van der Waals surface area contributed by atoms with Crippen molar-refractivity contribution in [2.45, 2.75) is 19.9 Å². The molecule has 0 bridgehead atoms. The summed E-state index contributed by atoms with van der Waals surface area (Å²) in [5, 5.41) is 14.7. The van der Waals surface area contributed by atoms with Gasteiger partial charge in [0.15, 0.2) is 5.84 Å². The highest BCUT2D eigenvalue weighted by Gasteiger charge is 2.20. The Morgan fingerprint density at radius 1 is 1.56 bits per heavy atom. The smallest absolute Gasteiger partial charge is 0.231 e. The highest BCUT2D eigenvalue weighted by atomic mass is 35.5. The Hall–Kier alpha value is -1.75. The number of rotatable bonds is 5. The van der Waals surface area contributed by atoms with E-state index in [-0.39, 0.29) is 11.7 Å². The van der Waals surface area contributed by atoms with Crippen LogP contribution < -0.4 is 11.1 Å². The van der Waals surface area contributed by atoms with Gasteiger partial charge < -0.3 is 16.3 Å². The third-order valence-corrected chi connectivity index (χ3v) is 2.98. The molecule has 1 unspecified atom stereocenters. The second kappa shape index (κ2) is 6.86. The van der Waals surface area contributed by atoms with Gasteiger partial charge in [-0.15, -0.1) is 0 Å². The van der Waals surface area contributed by atoms with Crippen LogP contribution in [0.4, 0.5) is 0 Å². The molecule has 1 aromatic rings. The monoisotopic (exact) mass is 269 g/mol. The van der Waals surface area contributed by atoms with Crippen LogP contribution in [0.1, 0.15) is 18.9 Å². The number of amidine groups is 1. The summed E-state index contributed by atoms with van der Waals surface area (Å²) in [5.41, 5.74) is 6.26. The molecule has 1 aromatic carbocycles. The maximum absolute atomic E-state index is 11.8. The Bertz CT molecular complexity index is 449. The fraction of sp³-hybridized carbons (Fsp3) is 0.333. The highest BCUT2D eigenvalue weighted by Crippen LogP contribution is 2.14. The number of carbonyl (C=O) groups is 1. The van der Waals surface area contributed by atoms with Gasteiger partial charge in [0.05, 0.1) is 5.92 Å². The van der Waals surface area contributed by atoms with E-state index in [1.807, 2.05) is 18.2 Å². The lowest BCUT2D eigenvalue weighted by Crippen LogP contribution is -2.38. The number of amides is 1. The number of halogens is 1. The molecule has 0 aromatic heterocycles. The van der Waals surface area contributed by atoms with Crippen molar-refractivity contribution in [3.8, 4) is 0 Å². The van der Waals surface area contributed by atoms with Crippen LogP contribution in [0.2, 0.25) is 5.02 Å². The van der Waals surface area contributed by atoms with Crippen molar-refractivity contribution in [1.29, 1.82) is 0 Å². The SMILES string of the molecule is CCC(C(=O)NCc1ccccc1Cl)C(N)=NO. The molecule has 98 valence electrons. The predicted molar refractivity (Wildman–Crippen MR) is 70.5 cm³/mol. The van der Waals surface area contributed by atoms with Gasteiger partial charge in [0.2, 0.25) is 5.91 Å². The van der Waals surface area contributed by atoms with Crippen molar-refractivity contribution in [2.75, 3.05) is 0 Å². The van der Waals surface area contributed by atoms with Gasteiger partial charge in [0.1, 0.15) is 0 Å². The molecule has 0 radical (unpaired) electrons. The molecule has 0 heterocycles. The molecule has 6 heteroatoms. The minimum atomic E-state index is -0.627. The minimum absolute atomic E-state index is 0.0887. The Morgan fingerprint density at radius 2 is 2.22 bits per heavy atom. The summed E-state index contributed by atoms with van der Waals surface area (Å²) in [5.74, 6) is -1.00. The van der Waals surface area contributed by atoms with Crippen LogP contribution in [-0.2, 0) is 11.3 Å². The molecule has 5 nitrogen and oxygen atoms in total. The van der Waals surface area contributed by atoms with Crippen molar-refractivity contribution in [2.24, 2.45) is 16.8 Å². The van der Waals surface area contributed by atoms with Crippen molar-refractivity contribution >= 4 is 23.3 Å². The summed E-state index contributed by atoms with van der Waals surface area (Å²) < 4.78 is 0. The van der Waals surface area contributed by atoms with Crippen LogP contribution in [0, 0.1) is 5.92 Å². The van der Waals surface area contributed by atoms with Gasteiger partial charge in [-0.2, -0.15) is 0 Å². The molecular formula is C12H16ClN3O2. The van der Waals surface area contributed by atoms with E-state index in [1.165, 1.54) is 0 Å². The summed E-state index contributed by atoms with van der Waals surface area (Å²) >= 11 is 5.97. The molecule has 1 rings (SSSR count). The first-order valence-corrected chi connectivity index (χ1v) is 5.96. The number of nitrogens with two attached hydrogens (primary N) is 1. The quantitative estimate of drug-likeness (QED) is 0.329. The topological polar surface area (TPSA) is 87.7 Å². The minimum Gasteiger partial charge on any atom is -0.409 e. The van der Waals surface area contributed by atoms with Gasteiger partial charge in [-0.05, 0) is 18.1 Å². The normalized spacial score (nSPS) is 13.1. The second-order valence-corrected chi connectivity index (χ2v) is 4.20. The fourth-order valence-corrected chi connectivity index (χ4v) is 1.75. The van der Waals surface area contributed by atoms with Gasteiger partial charge in [-0.1, -0.05) is 41.9 Å². The molecule has 0 aliphatic heterocycles. The highest BCUT2D eigenvalue weighted by molar-refractivity contribution is 6.31. The van der Waals surface area contributed by atoms with Gasteiger partial charge in [-0.3, -0.25) is 4.79 Å². The summed E-state index contributed by atoms with van der Waals surface area (Å²) in [6.07, 6.45) is 0.463. The van der Waals surface area contributed by atoms with E-state index in [4.69, 9.17) is 22.5 Å². The van der Waals surface area contributed by atoms with E-state index in [0.717, 1.165) is 5.56 Å². The van der Waals surface area contributed by atoms with Crippen LogP contribution in [-0.4, -0.2) is 17.0 Å². The molecule has 0 aliphatic rings. The number of oxime groups is 1. The van der Waals surface area contributed by atoms with Crippen molar-refractivity contribution < 1.29 is 10.0 Å². The summed E-state index contributed by atoms with van der Waals surface area (Å²) in [4.78, 5) is 11.8. The third kappa shape index (κ3) is 3.63. The number of hydrogen-bond acceptors (Lipinski definition) is 3. The van der Waals surface area contributed by atoms with Gasteiger partial charge in [-0.25, -0.2) is 0 Å². The van der Waals surface area contributed by atoms with Crippen LogP contribution >= 0.6 is 11.6 Å². The molecule has 0 fully saturated rings. The molecule has 1 atom stereocenters. The lowest BCUT2D eigenvalue weighted by Gasteiger charge is -2.13. The van der Waals surface area contributed by atoms with E-state index < -0.39 is 5.92 Å². The second-order valence-electron chi connectivity index (χ2n) is 3.79. The standard InChI is InChI=1S/C12H16ClN3O2/c1-2-9(11(14)16-18)12(17)15-7-8-5-3-4-6-10(8)13/h3-6,9,18H,2,7H2,1H3,(H2,14,16)(H,15,17). The predicted octanol–water partition coefficient (Wildman–Crippen LogP) is 1.73. The largest absolute Gasteiger partial charge is 0.409 e. The summed E-state index contributed by atoms with van der Waals surface area (Å²) in [7, 11) is 0. The number of hydrogen-bond donors (Lipinski definition) is 3. The van der Waals surface area contributed by atoms with Crippen molar-refractivity contribution in [1.82, 2.24) is 5.32 Å². The number of nitrogens with zero attached hydrogens (tertiary/aromatic N) is 1. The van der Waals surface area contributed by atoms with E-state index in [2.05, 4.69) is 10.5 Å². The lowest BCUT2D eigenvalue weighted by atomic mass is 10.0. The number of benzene rings is 1. The van der Waals surface area contributed by atoms with Crippen LogP contribution in [0.5, 0.6) is 0 Å². The van der Waals surface area contributed by atoms with E-state index in [0.29, 0.717) is 18.0 Å². The van der Waals surface area contributed by atoms with Crippen LogP contribution in [0.25, 0.3) is 0 Å². The van der Waals surface area contributed by atoms with E-state index in [9.17, 15) is 4.79 Å². The average Bonchev–Trinajstić information content (AvgIpc) is 2.38. The zero-order valence-corrected chi connectivity index (χ0v) is 10.8. The summed E-state index contributed by atoms with van der Waals surface area (Å²) in [6.45, 7) is 2.10. The van der Waals surface area contributed by atoms with Gasteiger partial charge in [0.25, 0.3) is 0 Å². The molecular weight excluding hydrogens is 254 g/mol. The number of carbonyl (C=O) groups excluding carboxylic acids is 1. The first-order valence-electron chi connectivity index (χ1n) is 5.58. The Kier molecular flexibility index (Phi) is 5.45. The third-order valence-electron chi connectivity index (χ3n) is 2.61. The average molecular weight is 270 g/mol. The molecule has 0 saturated carbocycles. The maximum Gasteiger partial charge on any atom is 0.231 e. The Morgan fingerprint density at radius 3 is 2.78 bits per heavy atom.